The quantitative estimate of drug-likeness (QED) is 0.520. The predicted octanol–water partition coefficient (Wildman–Crippen LogP) is 4.90. The van der Waals surface area contributed by atoms with Gasteiger partial charge in [-0.2, -0.15) is 0 Å². The molecule has 0 bridgehead atoms. The molecule has 26 heavy (non-hydrogen) atoms. The number of thiazole rings is 1. The molecule has 2 heterocycles. The second-order valence-corrected chi connectivity index (χ2v) is 7.48. The number of nitrogens with zero attached hydrogens (tertiary/aromatic N) is 3. The van der Waals surface area contributed by atoms with E-state index in [1.807, 2.05) is 67.4 Å². The van der Waals surface area contributed by atoms with Crippen LogP contribution in [0, 0.1) is 0 Å². The number of aromatic nitrogens is 2. The van der Waals surface area contributed by atoms with E-state index in [0.29, 0.717) is 12.1 Å². The summed E-state index contributed by atoms with van der Waals surface area (Å²) in [7, 11) is 0. The van der Waals surface area contributed by atoms with Gasteiger partial charge >= 0.3 is 0 Å². The Kier molecular flexibility index (Phi) is 4.39. The molecule has 4 nitrogen and oxygen atoms in total. The van der Waals surface area contributed by atoms with E-state index >= 15 is 0 Å². The van der Waals surface area contributed by atoms with Crippen molar-refractivity contribution >= 4 is 38.4 Å². The molecule has 0 saturated heterocycles. The third-order valence-electron chi connectivity index (χ3n) is 4.46. The van der Waals surface area contributed by atoms with Crippen LogP contribution in [0.2, 0.25) is 0 Å². The van der Waals surface area contributed by atoms with Crippen LogP contribution in [0.3, 0.4) is 0 Å². The van der Waals surface area contributed by atoms with Gasteiger partial charge in [0, 0.05) is 29.7 Å². The fraction of sp³-hybridized carbons (Fsp3) is 0.190. The largest absolute Gasteiger partial charge is 0.332 e. The van der Waals surface area contributed by atoms with Crippen LogP contribution in [0.4, 0.5) is 0 Å². The summed E-state index contributed by atoms with van der Waals surface area (Å²) in [4.78, 5) is 23.8. The topological polar surface area (TPSA) is 46.1 Å². The van der Waals surface area contributed by atoms with E-state index < -0.39 is 0 Å². The first-order chi connectivity index (χ1) is 12.6. The third-order valence-corrected chi connectivity index (χ3v) is 5.25. The van der Waals surface area contributed by atoms with Crippen molar-refractivity contribution in [3.8, 4) is 0 Å². The van der Waals surface area contributed by atoms with E-state index in [4.69, 9.17) is 0 Å². The highest BCUT2D eigenvalue weighted by molar-refractivity contribution is 7.16. The van der Waals surface area contributed by atoms with Crippen LogP contribution >= 0.6 is 11.3 Å². The highest BCUT2D eigenvalue weighted by Gasteiger charge is 2.20. The van der Waals surface area contributed by atoms with Gasteiger partial charge in [0.25, 0.3) is 5.91 Å². The molecule has 0 unspecified atom stereocenters. The van der Waals surface area contributed by atoms with Gasteiger partial charge in [-0.05, 0) is 49.7 Å². The maximum absolute atomic E-state index is 13.1. The van der Waals surface area contributed by atoms with Gasteiger partial charge in [0.15, 0.2) is 0 Å². The minimum atomic E-state index is 0.0310. The van der Waals surface area contributed by atoms with Gasteiger partial charge in [-0.3, -0.25) is 9.78 Å². The lowest BCUT2D eigenvalue weighted by molar-refractivity contribution is 0.0690. The SMILES string of the molecule is CC(C)N(Cc1cnc2ccccc2c1)C(=O)c1ccc2ncsc2c1. The average Bonchev–Trinajstić information content (AvgIpc) is 3.13. The number of pyridine rings is 1. The summed E-state index contributed by atoms with van der Waals surface area (Å²) in [5.74, 6) is 0.0310. The number of carbonyl (C=O) groups is 1. The van der Waals surface area contributed by atoms with Crippen LogP contribution < -0.4 is 0 Å². The van der Waals surface area contributed by atoms with Gasteiger partial charge in [0.1, 0.15) is 0 Å². The fourth-order valence-corrected chi connectivity index (χ4v) is 3.76. The highest BCUT2D eigenvalue weighted by Crippen LogP contribution is 2.22. The predicted molar refractivity (Wildman–Crippen MR) is 106 cm³/mol. The first-order valence-corrected chi connectivity index (χ1v) is 9.47. The zero-order valence-corrected chi connectivity index (χ0v) is 15.5. The van der Waals surface area contributed by atoms with E-state index in [1.54, 1.807) is 16.8 Å². The summed E-state index contributed by atoms with van der Waals surface area (Å²) in [6, 6.07) is 15.9. The van der Waals surface area contributed by atoms with Gasteiger partial charge in [0.05, 0.1) is 21.2 Å². The number of rotatable bonds is 4. The molecule has 0 N–H and O–H groups in total. The molecule has 4 rings (SSSR count). The smallest absolute Gasteiger partial charge is 0.254 e. The Hall–Kier alpha value is -2.79. The Morgan fingerprint density at radius 3 is 2.77 bits per heavy atom. The van der Waals surface area contributed by atoms with Crippen molar-refractivity contribution in [2.75, 3.05) is 0 Å². The van der Waals surface area contributed by atoms with E-state index in [1.165, 1.54) is 0 Å². The van der Waals surface area contributed by atoms with Crippen LogP contribution in [0.25, 0.3) is 21.1 Å². The zero-order chi connectivity index (χ0) is 18.1. The number of fused-ring (bicyclic) bond motifs is 2. The molecule has 4 aromatic rings. The van der Waals surface area contributed by atoms with Crippen LogP contribution in [0.1, 0.15) is 29.8 Å². The minimum absolute atomic E-state index is 0.0310. The molecular weight excluding hydrogens is 342 g/mol. The average molecular weight is 361 g/mol. The van der Waals surface area contributed by atoms with Crippen molar-refractivity contribution in [2.24, 2.45) is 0 Å². The summed E-state index contributed by atoms with van der Waals surface area (Å²) >= 11 is 1.55. The summed E-state index contributed by atoms with van der Waals surface area (Å²) < 4.78 is 1.03. The summed E-state index contributed by atoms with van der Waals surface area (Å²) in [5.41, 5.74) is 5.43. The van der Waals surface area contributed by atoms with E-state index in [0.717, 1.165) is 26.7 Å². The monoisotopic (exact) mass is 361 g/mol. The molecule has 2 aromatic heterocycles. The van der Waals surface area contributed by atoms with E-state index in [-0.39, 0.29) is 11.9 Å². The number of hydrogen-bond donors (Lipinski definition) is 0. The van der Waals surface area contributed by atoms with E-state index in [9.17, 15) is 4.79 Å². The lowest BCUT2D eigenvalue weighted by Gasteiger charge is -2.27. The highest BCUT2D eigenvalue weighted by atomic mass is 32.1. The molecule has 0 aliphatic heterocycles. The van der Waals surface area contributed by atoms with Crippen molar-refractivity contribution in [3.63, 3.8) is 0 Å². The molecular formula is C21H19N3OS. The molecule has 0 saturated carbocycles. The molecule has 5 heteroatoms. The number of hydrogen-bond acceptors (Lipinski definition) is 4. The number of para-hydroxylation sites is 1. The summed E-state index contributed by atoms with van der Waals surface area (Å²) in [6.45, 7) is 4.62. The van der Waals surface area contributed by atoms with Crippen LogP contribution in [0.15, 0.2) is 60.2 Å². The first kappa shape index (κ1) is 16.7. The molecule has 0 radical (unpaired) electrons. The van der Waals surface area contributed by atoms with Crippen LogP contribution in [-0.4, -0.2) is 26.8 Å². The first-order valence-electron chi connectivity index (χ1n) is 8.60. The summed E-state index contributed by atoms with van der Waals surface area (Å²) in [5, 5.41) is 1.09. The second kappa shape index (κ2) is 6.84. The van der Waals surface area contributed by atoms with Crippen LogP contribution in [-0.2, 0) is 6.54 Å². The standard InChI is InChI=1S/C21H19N3OS/c1-14(2)24(12-15-9-16-5-3-4-6-18(16)22-11-15)21(25)17-7-8-19-20(10-17)26-13-23-19/h3-11,13-14H,12H2,1-2H3. The molecule has 2 aromatic carbocycles. The molecule has 1 amide bonds. The Labute approximate surface area is 156 Å². The molecule has 130 valence electrons. The molecule has 0 atom stereocenters. The number of benzene rings is 2. The Morgan fingerprint density at radius 1 is 1.08 bits per heavy atom. The van der Waals surface area contributed by atoms with Gasteiger partial charge in [0.2, 0.25) is 0 Å². The Bertz CT molecular complexity index is 1090. The molecule has 0 fully saturated rings. The van der Waals surface area contributed by atoms with Gasteiger partial charge < -0.3 is 4.90 Å². The Morgan fingerprint density at radius 2 is 1.92 bits per heavy atom. The third kappa shape index (κ3) is 3.18. The fourth-order valence-electron chi connectivity index (χ4n) is 3.04. The molecule has 0 spiro atoms. The number of carbonyl (C=O) groups excluding carboxylic acids is 1. The van der Waals surface area contributed by atoms with Crippen molar-refractivity contribution in [3.05, 3.63) is 71.4 Å². The van der Waals surface area contributed by atoms with Crippen molar-refractivity contribution < 1.29 is 4.79 Å². The van der Waals surface area contributed by atoms with Crippen molar-refractivity contribution in [2.45, 2.75) is 26.4 Å². The van der Waals surface area contributed by atoms with Gasteiger partial charge in [-0.25, -0.2) is 4.98 Å². The normalized spacial score (nSPS) is 11.3. The Balaban J connectivity index is 1.64. The summed E-state index contributed by atoms with van der Waals surface area (Å²) in [6.07, 6.45) is 1.86. The molecule has 0 aliphatic carbocycles. The van der Waals surface area contributed by atoms with Gasteiger partial charge in [-0.1, -0.05) is 18.2 Å². The minimum Gasteiger partial charge on any atom is -0.332 e. The van der Waals surface area contributed by atoms with E-state index in [2.05, 4.69) is 16.0 Å². The van der Waals surface area contributed by atoms with Crippen molar-refractivity contribution in [1.82, 2.24) is 14.9 Å². The zero-order valence-electron chi connectivity index (χ0n) is 14.7. The van der Waals surface area contributed by atoms with Gasteiger partial charge in [-0.15, -0.1) is 11.3 Å². The lowest BCUT2D eigenvalue weighted by Crippen LogP contribution is -2.36. The van der Waals surface area contributed by atoms with Crippen LogP contribution in [0.5, 0.6) is 0 Å². The lowest BCUT2D eigenvalue weighted by atomic mass is 10.1. The number of amides is 1. The second-order valence-electron chi connectivity index (χ2n) is 6.60. The maximum Gasteiger partial charge on any atom is 0.254 e. The maximum atomic E-state index is 13.1. The molecule has 0 aliphatic rings. The van der Waals surface area contributed by atoms with Crippen molar-refractivity contribution in [1.29, 1.82) is 0 Å².